The molecule has 0 unspecified atom stereocenters. The van der Waals surface area contributed by atoms with Crippen LogP contribution in [0.2, 0.25) is 0 Å². The summed E-state index contributed by atoms with van der Waals surface area (Å²) in [6, 6.07) is 0. The molecule has 0 aliphatic rings. The Labute approximate surface area is 85.9 Å². The molecule has 0 rings (SSSR count). The lowest BCUT2D eigenvalue weighted by molar-refractivity contribution is -0.0906. The van der Waals surface area contributed by atoms with Gasteiger partial charge in [0, 0.05) is 6.42 Å². The van der Waals surface area contributed by atoms with Crippen molar-refractivity contribution in [1.82, 2.24) is 0 Å². The quantitative estimate of drug-likeness (QED) is 0.366. The monoisotopic (exact) mass is 208 g/mol. The molecule has 0 saturated carbocycles. The van der Waals surface area contributed by atoms with Gasteiger partial charge in [-0.05, 0) is 6.42 Å². The second-order valence-corrected chi connectivity index (χ2v) is 4.20. The Morgan fingerprint density at radius 3 is 1.85 bits per heavy atom. The van der Waals surface area contributed by atoms with Gasteiger partial charge in [-0.25, -0.2) is 0 Å². The standard InChI is InChI=1S/C10H21ClO2/c1-2-3-4-5-6-7-8-9-10(11,12)13/h12-13H,2-9H2,1H3. The Bertz CT molecular complexity index is 110. The van der Waals surface area contributed by atoms with Gasteiger partial charge < -0.3 is 10.2 Å². The summed E-state index contributed by atoms with van der Waals surface area (Å²) in [4.78, 5) is 0. The van der Waals surface area contributed by atoms with Crippen molar-refractivity contribution in [2.24, 2.45) is 0 Å². The van der Waals surface area contributed by atoms with Gasteiger partial charge in [0.25, 0.3) is 0 Å². The summed E-state index contributed by atoms with van der Waals surface area (Å²) in [5.41, 5.74) is 0. The minimum Gasteiger partial charge on any atom is -0.353 e. The summed E-state index contributed by atoms with van der Waals surface area (Å²) >= 11 is 5.21. The van der Waals surface area contributed by atoms with Gasteiger partial charge in [0.05, 0.1) is 0 Å². The van der Waals surface area contributed by atoms with Gasteiger partial charge in [-0.3, -0.25) is 0 Å². The third-order valence-electron chi connectivity index (χ3n) is 2.10. The SMILES string of the molecule is CCCCCCCCCC(O)(O)Cl. The third kappa shape index (κ3) is 12.2. The van der Waals surface area contributed by atoms with Gasteiger partial charge in [0.15, 0.2) is 0 Å². The highest BCUT2D eigenvalue weighted by molar-refractivity contribution is 6.21. The highest BCUT2D eigenvalue weighted by Crippen LogP contribution is 2.17. The molecule has 3 heteroatoms. The number of rotatable bonds is 8. The predicted octanol–water partition coefficient (Wildman–Crippen LogP) is 3.00. The second-order valence-electron chi connectivity index (χ2n) is 3.59. The van der Waals surface area contributed by atoms with Crippen LogP contribution in [0, 0.1) is 0 Å². The lowest BCUT2D eigenvalue weighted by atomic mass is 10.1. The van der Waals surface area contributed by atoms with Crippen LogP contribution in [0.1, 0.15) is 58.3 Å². The Morgan fingerprint density at radius 1 is 0.923 bits per heavy atom. The number of alkyl halides is 1. The topological polar surface area (TPSA) is 40.5 Å². The molecular formula is C10H21ClO2. The van der Waals surface area contributed by atoms with Crippen LogP contribution in [-0.2, 0) is 0 Å². The highest BCUT2D eigenvalue weighted by Gasteiger charge is 2.16. The fourth-order valence-corrected chi connectivity index (χ4v) is 1.44. The Kier molecular flexibility index (Phi) is 7.72. The van der Waals surface area contributed by atoms with Gasteiger partial charge >= 0.3 is 0 Å². The molecule has 0 saturated heterocycles. The molecule has 0 spiro atoms. The van der Waals surface area contributed by atoms with Crippen molar-refractivity contribution in [3.63, 3.8) is 0 Å². The van der Waals surface area contributed by atoms with Crippen LogP contribution in [-0.4, -0.2) is 15.5 Å². The van der Waals surface area contributed by atoms with Gasteiger partial charge in [0.1, 0.15) is 0 Å². The largest absolute Gasteiger partial charge is 0.353 e. The maximum Gasteiger partial charge on any atom is 0.243 e. The zero-order valence-electron chi connectivity index (χ0n) is 8.43. The van der Waals surface area contributed by atoms with Gasteiger partial charge in [-0.2, -0.15) is 0 Å². The smallest absolute Gasteiger partial charge is 0.243 e. The van der Waals surface area contributed by atoms with Crippen molar-refractivity contribution in [3.05, 3.63) is 0 Å². The molecule has 0 aliphatic heterocycles. The minimum absolute atomic E-state index is 0.266. The van der Waals surface area contributed by atoms with Crippen molar-refractivity contribution in [2.75, 3.05) is 0 Å². The maximum atomic E-state index is 8.78. The van der Waals surface area contributed by atoms with Crippen LogP contribution in [0.5, 0.6) is 0 Å². The average molecular weight is 209 g/mol. The van der Waals surface area contributed by atoms with E-state index in [0.29, 0.717) is 0 Å². The van der Waals surface area contributed by atoms with E-state index in [2.05, 4.69) is 6.92 Å². The van der Waals surface area contributed by atoms with E-state index in [-0.39, 0.29) is 6.42 Å². The van der Waals surface area contributed by atoms with Crippen LogP contribution >= 0.6 is 11.6 Å². The summed E-state index contributed by atoms with van der Waals surface area (Å²) in [6.07, 6.45) is 8.38. The Balaban J connectivity index is 3.00. The van der Waals surface area contributed by atoms with Crippen LogP contribution in [0.4, 0.5) is 0 Å². The van der Waals surface area contributed by atoms with E-state index in [0.717, 1.165) is 12.8 Å². The van der Waals surface area contributed by atoms with Crippen molar-refractivity contribution in [1.29, 1.82) is 0 Å². The molecule has 2 nitrogen and oxygen atoms in total. The molecule has 0 aromatic rings. The van der Waals surface area contributed by atoms with E-state index in [1.54, 1.807) is 0 Å². The number of unbranched alkanes of at least 4 members (excludes halogenated alkanes) is 6. The van der Waals surface area contributed by atoms with E-state index in [9.17, 15) is 0 Å². The molecule has 2 N–H and O–H groups in total. The normalized spacial score (nSPS) is 12.0. The minimum atomic E-state index is -1.98. The van der Waals surface area contributed by atoms with Crippen LogP contribution < -0.4 is 0 Å². The zero-order valence-corrected chi connectivity index (χ0v) is 9.19. The molecule has 0 aromatic heterocycles. The molecule has 0 aliphatic carbocycles. The molecule has 13 heavy (non-hydrogen) atoms. The van der Waals surface area contributed by atoms with E-state index in [1.165, 1.54) is 32.1 Å². The molecule has 0 atom stereocenters. The molecule has 0 amide bonds. The van der Waals surface area contributed by atoms with Gasteiger partial charge in [-0.15, -0.1) is 0 Å². The number of hydrogen-bond acceptors (Lipinski definition) is 2. The van der Waals surface area contributed by atoms with Gasteiger partial charge in [0.2, 0.25) is 5.25 Å². The van der Waals surface area contributed by atoms with E-state index in [4.69, 9.17) is 21.8 Å². The van der Waals surface area contributed by atoms with E-state index >= 15 is 0 Å². The van der Waals surface area contributed by atoms with Crippen LogP contribution in [0.3, 0.4) is 0 Å². The number of hydrogen-bond donors (Lipinski definition) is 2. The predicted molar refractivity (Wildman–Crippen MR) is 55.6 cm³/mol. The fourth-order valence-electron chi connectivity index (χ4n) is 1.31. The van der Waals surface area contributed by atoms with E-state index in [1.807, 2.05) is 0 Å². The molecular weight excluding hydrogens is 188 g/mol. The summed E-state index contributed by atoms with van der Waals surface area (Å²) in [7, 11) is 0. The summed E-state index contributed by atoms with van der Waals surface area (Å²) in [5.74, 6) is 0. The second kappa shape index (κ2) is 7.60. The number of halogens is 1. The maximum absolute atomic E-state index is 8.78. The van der Waals surface area contributed by atoms with E-state index < -0.39 is 5.25 Å². The van der Waals surface area contributed by atoms with Crippen LogP contribution in [0.15, 0.2) is 0 Å². The zero-order chi connectivity index (χ0) is 10.2. The Hall–Kier alpha value is 0.210. The average Bonchev–Trinajstić information content (AvgIpc) is 2.01. The van der Waals surface area contributed by atoms with Crippen molar-refractivity contribution < 1.29 is 10.2 Å². The lowest BCUT2D eigenvalue weighted by Gasteiger charge is -2.11. The Morgan fingerprint density at radius 2 is 1.38 bits per heavy atom. The first kappa shape index (κ1) is 13.2. The summed E-state index contributed by atoms with van der Waals surface area (Å²) in [6.45, 7) is 2.19. The molecule has 0 aromatic carbocycles. The van der Waals surface area contributed by atoms with Crippen molar-refractivity contribution >= 4 is 11.6 Å². The molecule has 0 heterocycles. The lowest BCUT2D eigenvalue weighted by Crippen LogP contribution is -2.18. The van der Waals surface area contributed by atoms with Crippen LogP contribution in [0.25, 0.3) is 0 Å². The van der Waals surface area contributed by atoms with Gasteiger partial charge in [-0.1, -0.05) is 57.0 Å². The molecule has 80 valence electrons. The highest BCUT2D eigenvalue weighted by atomic mass is 35.5. The summed E-state index contributed by atoms with van der Waals surface area (Å²) < 4.78 is 0. The first-order valence-electron chi connectivity index (χ1n) is 5.20. The van der Waals surface area contributed by atoms with Crippen molar-refractivity contribution in [3.8, 4) is 0 Å². The summed E-state index contributed by atoms with van der Waals surface area (Å²) in [5, 5.41) is 15.6. The molecule has 0 bridgehead atoms. The van der Waals surface area contributed by atoms with Crippen molar-refractivity contribution in [2.45, 2.75) is 63.5 Å². The first-order chi connectivity index (χ1) is 6.06. The fraction of sp³-hybridized carbons (Fsp3) is 1.00. The molecule has 0 radical (unpaired) electrons. The first-order valence-corrected chi connectivity index (χ1v) is 5.57. The molecule has 0 fully saturated rings. The number of aliphatic hydroxyl groups is 2. The third-order valence-corrected chi connectivity index (χ3v) is 2.29.